The molecule has 0 heterocycles. The third-order valence-corrected chi connectivity index (χ3v) is 5.95. The highest BCUT2D eigenvalue weighted by molar-refractivity contribution is 7.92. The summed E-state index contributed by atoms with van der Waals surface area (Å²) in [5, 5.41) is 3.18. The SMILES string of the molecule is CS(=O)(=O)N(CC(=O)Nc1c(Cl)cccc1Cl)c1cc(Cl)c(Cl)cc1Cl. The standard InChI is InChI=1S/C15H11Cl5N2O3S/c1-26(24,25)22(13-6-11(19)10(18)5-12(13)20)7-14(23)21-15-8(16)3-2-4-9(15)17/h2-6H,7H2,1H3,(H,21,23). The molecule has 0 spiro atoms. The maximum absolute atomic E-state index is 12.4. The topological polar surface area (TPSA) is 66.5 Å². The number of anilines is 2. The van der Waals surface area contributed by atoms with Crippen LogP contribution in [0.15, 0.2) is 30.3 Å². The van der Waals surface area contributed by atoms with Crippen molar-refractivity contribution in [2.24, 2.45) is 0 Å². The van der Waals surface area contributed by atoms with Gasteiger partial charge in [-0.2, -0.15) is 0 Å². The fraction of sp³-hybridized carbons (Fsp3) is 0.133. The number of nitrogens with one attached hydrogen (secondary N) is 1. The van der Waals surface area contributed by atoms with Crippen LogP contribution in [0.2, 0.25) is 25.1 Å². The lowest BCUT2D eigenvalue weighted by Crippen LogP contribution is -2.37. The molecular weight excluding hydrogens is 466 g/mol. The minimum atomic E-state index is -3.86. The summed E-state index contributed by atoms with van der Waals surface area (Å²) in [5.74, 6) is -0.674. The van der Waals surface area contributed by atoms with Gasteiger partial charge in [0.25, 0.3) is 0 Å². The molecule has 5 nitrogen and oxygen atoms in total. The molecule has 0 aromatic heterocycles. The molecule has 0 radical (unpaired) electrons. The maximum Gasteiger partial charge on any atom is 0.245 e. The smallest absolute Gasteiger partial charge is 0.245 e. The first kappa shape index (κ1) is 21.4. The molecule has 0 saturated heterocycles. The summed E-state index contributed by atoms with van der Waals surface area (Å²) in [7, 11) is -3.86. The van der Waals surface area contributed by atoms with Crippen LogP contribution < -0.4 is 9.62 Å². The van der Waals surface area contributed by atoms with E-state index in [4.69, 9.17) is 58.0 Å². The molecule has 26 heavy (non-hydrogen) atoms. The van der Waals surface area contributed by atoms with E-state index in [0.29, 0.717) is 0 Å². The Kier molecular flexibility index (Phi) is 6.93. The van der Waals surface area contributed by atoms with Crippen molar-refractivity contribution in [3.05, 3.63) is 55.4 Å². The number of sulfonamides is 1. The minimum absolute atomic E-state index is 0.0176. The lowest BCUT2D eigenvalue weighted by molar-refractivity contribution is -0.114. The molecule has 0 aliphatic heterocycles. The van der Waals surface area contributed by atoms with Gasteiger partial charge < -0.3 is 5.32 Å². The van der Waals surface area contributed by atoms with E-state index in [0.717, 1.165) is 10.6 Å². The summed E-state index contributed by atoms with van der Waals surface area (Å²) >= 11 is 29.9. The first-order chi connectivity index (χ1) is 12.0. The number of halogens is 5. The second-order valence-corrected chi connectivity index (χ2v) is 9.08. The van der Waals surface area contributed by atoms with Crippen molar-refractivity contribution in [2.45, 2.75) is 0 Å². The van der Waals surface area contributed by atoms with Crippen molar-refractivity contribution < 1.29 is 13.2 Å². The molecule has 0 saturated carbocycles. The van der Waals surface area contributed by atoms with Crippen molar-refractivity contribution in [1.29, 1.82) is 0 Å². The molecule has 0 aliphatic rings. The summed E-state index contributed by atoms with van der Waals surface area (Å²) in [4.78, 5) is 12.4. The van der Waals surface area contributed by atoms with Gasteiger partial charge in [0.1, 0.15) is 6.54 Å². The third kappa shape index (κ3) is 5.09. The number of carbonyl (C=O) groups is 1. The predicted molar refractivity (Wildman–Crippen MR) is 109 cm³/mol. The van der Waals surface area contributed by atoms with Gasteiger partial charge in [0.15, 0.2) is 0 Å². The van der Waals surface area contributed by atoms with E-state index in [1.54, 1.807) is 6.07 Å². The van der Waals surface area contributed by atoms with Gasteiger partial charge in [0, 0.05) is 0 Å². The molecule has 1 N–H and O–H groups in total. The predicted octanol–water partition coefficient (Wildman–Crippen LogP) is 5.36. The summed E-state index contributed by atoms with van der Waals surface area (Å²) < 4.78 is 25.1. The molecule has 1 amide bonds. The lowest BCUT2D eigenvalue weighted by Gasteiger charge is -2.23. The molecule has 2 aromatic rings. The normalized spacial score (nSPS) is 11.3. The second kappa shape index (κ2) is 8.42. The fourth-order valence-electron chi connectivity index (χ4n) is 2.01. The van der Waals surface area contributed by atoms with Gasteiger partial charge in [-0.15, -0.1) is 0 Å². The van der Waals surface area contributed by atoms with Crippen LogP contribution in [-0.4, -0.2) is 27.1 Å². The summed E-state index contributed by atoms with van der Waals surface area (Å²) in [6, 6.07) is 7.24. The van der Waals surface area contributed by atoms with Gasteiger partial charge >= 0.3 is 0 Å². The monoisotopic (exact) mass is 474 g/mol. The molecule has 11 heteroatoms. The van der Waals surface area contributed by atoms with E-state index in [1.165, 1.54) is 24.3 Å². The van der Waals surface area contributed by atoms with Crippen molar-refractivity contribution >= 4 is 85.3 Å². The van der Waals surface area contributed by atoms with Crippen LogP contribution in [0.1, 0.15) is 0 Å². The minimum Gasteiger partial charge on any atom is -0.322 e. The summed E-state index contributed by atoms with van der Waals surface area (Å²) in [6.45, 7) is -0.571. The van der Waals surface area contributed by atoms with Crippen molar-refractivity contribution in [3.8, 4) is 0 Å². The van der Waals surface area contributed by atoms with Crippen molar-refractivity contribution in [3.63, 3.8) is 0 Å². The van der Waals surface area contributed by atoms with Gasteiger partial charge in [-0.3, -0.25) is 9.10 Å². The number of amides is 1. The van der Waals surface area contributed by atoms with Gasteiger partial charge in [0.2, 0.25) is 15.9 Å². The molecule has 0 unspecified atom stereocenters. The van der Waals surface area contributed by atoms with E-state index in [2.05, 4.69) is 5.32 Å². The first-order valence-corrected chi connectivity index (χ1v) is 10.6. The molecule has 0 atom stereocenters. The van der Waals surface area contributed by atoms with E-state index in [-0.39, 0.29) is 36.5 Å². The second-order valence-electron chi connectivity index (χ2n) is 5.13. The third-order valence-electron chi connectivity index (χ3n) is 3.17. The van der Waals surface area contributed by atoms with Crippen LogP contribution in [0.3, 0.4) is 0 Å². The Hall–Kier alpha value is -0.890. The summed E-state index contributed by atoms with van der Waals surface area (Å²) in [6.07, 6.45) is 0.932. The van der Waals surface area contributed by atoms with Crippen molar-refractivity contribution in [1.82, 2.24) is 0 Å². The number of hydrogen-bond donors (Lipinski definition) is 1. The Morgan fingerprint density at radius 2 is 1.50 bits per heavy atom. The van der Waals surface area contributed by atoms with Crippen LogP contribution in [0, 0.1) is 0 Å². The molecule has 2 aromatic carbocycles. The fourth-order valence-corrected chi connectivity index (χ4v) is 4.06. The highest BCUT2D eigenvalue weighted by atomic mass is 35.5. The van der Waals surface area contributed by atoms with Crippen LogP contribution in [0.5, 0.6) is 0 Å². The van der Waals surface area contributed by atoms with E-state index >= 15 is 0 Å². The number of para-hydroxylation sites is 1. The molecule has 2 rings (SSSR count). The highest BCUT2D eigenvalue weighted by Crippen LogP contribution is 2.36. The number of benzene rings is 2. The van der Waals surface area contributed by atoms with Crippen LogP contribution in [0.4, 0.5) is 11.4 Å². The Labute approximate surface area is 175 Å². The van der Waals surface area contributed by atoms with Gasteiger partial charge in [-0.25, -0.2) is 8.42 Å². The van der Waals surface area contributed by atoms with E-state index in [1.807, 2.05) is 0 Å². The van der Waals surface area contributed by atoms with E-state index in [9.17, 15) is 13.2 Å². The number of hydrogen-bond acceptors (Lipinski definition) is 3. The summed E-state index contributed by atoms with van der Waals surface area (Å²) in [5.41, 5.74) is 0.193. The number of rotatable bonds is 5. The Bertz CT molecular complexity index is 946. The number of nitrogens with zero attached hydrogens (tertiary/aromatic N) is 1. The van der Waals surface area contributed by atoms with Crippen LogP contribution in [-0.2, 0) is 14.8 Å². The zero-order valence-corrected chi connectivity index (χ0v) is 17.7. The molecular formula is C15H11Cl5N2O3S. The van der Waals surface area contributed by atoms with Crippen molar-refractivity contribution in [2.75, 3.05) is 22.4 Å². The average molecular weight is 477 g/mol. The molecule has 0 bridgehead atoms. The first-order valence-electron chi connectivity index (χ1n) is 6.87. The zero-order chi connectivity index (χ0) is 19.6. The Morgan fingerprint density at radius 3 is 2.04 bits per heavy atom. The Balaban J connectivity index is 2.36. The largest absolute Gasteiger partial charge is 0.322 e. The average Bonchev–Trinajstić information content (AvgIpc) is 2.51. The molecule has 0 aliphatic carbocycles. The molecule has 140 valence electrons. The van der Waals surface area contributed by atoms with Gasteiger partial charge in [-0.05, 0) is 24.3 Å². The quantitative estimate of drug-likeness (QED) is 0.591. The highest BCUT2D eigenvalue weighted by Gasteiger charge is 2.24. The zero-order valence-electron chi connectivity index (χ0n) is 13.1. The van der Waals surface area contributed by atoms with Gasteiger partial charge in [0.05, 0.1) is 42.7 Å². The van der Waals surface area contributed by atoms with Gasteiger partial charge in [-0.1, -0.05) is 64.1 Å². The lowest BCUT2D eigenvalue weighted by atomic mass is 10.3. The maximum atomic E-state index is 12.4. The Morgan fingerprint density at radius 1 is 0.962 bits per heavy atom. The van der Waals surface area contributed by atoms with Crippen LogP contribution >= 0.6 is 58.0 Å². The number of carbonyl (C=O) groups excluding carboxylic acids is 1. The van der Waals surface area contributed by atoms with E-state index < -0.39 is 22.5 Å². The van der Waals surface area contributed by atoms with Crippen LogP contribution in [0.25, 0.3) is 0 Å². The molecule has 0 fully saturated rings.